The molecule has 3 aromatic rings. The molecule has 0 aliphatic carbocycles. The van der Waals surface area contributed by atoms with Gasteiger partial charge in [0.15, 0.2) is 0 Å². The van der Waals surface area contributed by atoms with Gasteiger partial charge in [-0.1, -0.05) is 12.1 Å². The molecule has 1 N–H and O–H groups in total. The van der Waals surface area contributed by atoms with Crippen LogP contribution in [-0.4, -0.2) is 14.3 Å². The van der Waals surface area contributed by atoms with Gasteiger partial charge >= 0.3 is 29.9 Å². The Morgan fingerprint density at radius 3 is 1.59 bits per heavy atom. The number of aromatic nitrogens is 3. The normalized spacial score (nSPS) is 12.9. The van der Waals surface area contributed by atoms with Crippen LogP contribution in [0.1, 0.15) is 22.3 Å². The molecule has 172 valence electrons. The summed E-state index contributed by atoms with van der Waals surface area (Å²) in [5, 5.41) is 1.84. The van der Waals surface area contributed by atoms with E-state index in [9.17, 15) is 49.1 Å². The highest BCUT2D eigenvalue weighted by Gasteiger charge is 2.37. The van der Waals surface area contributed by atoms with Crippen LogP contribution < -0.4 is 11.4 Å². The lowest BCUT2D eigenvalue weighted by molar-refractivity contribution is -0.143. The molecule has 0 bridgehead atoms. The lowest BCUT2D eigenvalue weighted by atomic mass is 10.1. The zero-order valence-corrected chi connectivity index (χ0v) is 15.4. The predicted octanol–water partition coefficient (Wildman–Crippen LogP) is 4.43. The zero-order valence-electron chi connectivity index (χ0n) is 15.4. The highest BCUT2D eigenvalue weighted by Crippen LogP contribution is 2.36. The van der Waals surface area contributed by atoms with E-state index in [1.54, 1.807) is 0 Å². The van der Waals surface area contributed by atoms with Crippen LogP contribution in [0.3, 0.4) is 0 Å². The highest BCUT2D eigenvalue weighted by atomic mass is 19.4. The van der Waals surface area contributed by atoms with E-state index in [1.807, 2.05) is 5.10 Å². The Morgan fingerprint density at radius 2 is 1.16 bits per heavy atom. The van der Waals surface area contributed by atoms with Crippen molar-refractivity contribution in [2.75, 3.05) is 0 Å². The van der Waals surface area contributed by atoms with Gasteiger partial charge in [0.2, 0.25) is 0 Å². The number of benzene rings is 2. The van der Waals surface area contributed by atoms with Crippen molar-refractivity contribution >= 4 is 0 Å². The molecule has 2 aromatic carbocycles. The Balaban J connectivity index is 2.06. The number of nitrogens with one attached hydrogen (secondary N) is 1. The number of aromatic amines is 1. The fourth-order valence-electron chi connectivity index (χ4n) is 2.78. The van der Waals surface area contributed by atoms with Gasteiger partial charge in [-0.15, -0.1) is 0 Å². The Hall–Kier alpha value is -3.45. The molecule has 0 radical (unpaired) electrons. The molecule has 0 saturated heterocycles. The minimum Gasteiger partial charge on any atom is -0.246 e. The second-order valence-electron chi connectivity index (χ2n) is 6.58. The second kappa shape index (κ2) is 7.60. The molecule has 0 aliphatic rings. The average Bonchev–Trinajstić information content (AvgIpc) is 2.94. The van der Waals surface area contributed by atoms with Gasteiger partial charge in [-0.3, -0.25) is 0 Å². The Labute approximate surface area is 171 Å². The van der Waals surface area contributed by atoms with Crippen LogP contribution in [0.2, 0.25) is 0 Å². The smallest absolute Gasteiger partial charge is 0.246 e. The van der Waals surface area contributed by atoms with E-state index in [0.29, 0.717) is 16.7 Å². The van der Waals surface area contributed by atoms with Gasteiger partial charge < -0.3 is 0 Å². The minimum atomic E-state index is -5.18. The van der Waals surface area contributed by atoms with Gasteiger partial charge in [-0.05, 0) is 35.9 Å². The summed E-state index contributed by atoms with van der Waals surface area (Å²) < 4.78 is 117. The molecule has 14 heteroatoms. The quantitative estimate of drug-likeness (QED) is 0.575. The summed E-state index contributed by atoms with van der Waals surface area (Å²) in [5.41, 5.74) is -7.76. The molecule has 0 atom stereocenters. The average molecular weight is 471 g/mol. The molecule has 0 fully saturated rings. The molecule has 0 aliphatic heterocycles. The first kappa shape index (κ1) is 23.2. The topological polar surface area (TPSA) is 59.8 Å². The van der Waals surface area contributed by atoms with Crippen molar-refractivity contribution in [2.45, 2.75) is 25.1 Å². The summed E-state index contributed by atoms with van der Waals surface area (Å²) in [6, 6.07) is 3.66. The molecular weight excluding hydrogens is 461 g/mol. The molecule has 0 saturated carbocycles. The first-order chi connectivity index (χ1) is 14.6. The van der Waals surface area contributed by atoms with Crippen molar-refractivity contribution in [3.8, 4) is 5.69 Å². The van der Waals surface area contributed by atoms with Crippen molar-refractivity contribution in [2.24, 2.45) is 0 Å². The number of hydrogen-bond donors (Lipinski definition) is 1. The largest absolute Gasteiger partial charge is 0.416 e. The number of rotatable bonds is 3. The van der Waals surface area contributed by atoms with E-state index < -0.39 is 58.8 Å². The number of alkyl halides is 9. The molecule has 3 rings (SSSR count). The minimum absolute atomic E-state index is 0.0587. The van der Waals surface area contributed by atoms with Crippen molar-refractivity contribution in [1.29, 1.82) is 0 Å². The fourth-order valence-corrected chi connectivity index (χ4v) is 2.78. The molecule has 32 heavy (non-hydrogen) atoms. The van der Waals surface area contributed by atoms with Gasteiger partial charge in [-0.25, -0.2) is 23.9 Å². The van der Waals surface area contributed by atoms with Crippen LogP contribution >= 0.6 is 0 Å². The lowest BCUT2D eigenvalue weighted by Gasteiger charge is -2.14. The van der Waals surface area contributed by atoms with E-state index in [2.05, 4.69) is 0 Å². The number of H-pyrrole nitrogens is 1. The van der Waals surface area contributed by atoms with Gasteiger partial charge in [0, 0.05) is 0 Å². The maximum atomic E-state index is 13.0. The molecular formula is C18H10F9N3O2. The summed E-state index contributed by atoms with van der Waals surface area (Å²) in [5.74, 6) is 0. The molecule has 0 amide bonds. The van der Waals surface area contributed by atoms with Crippen LogP contribution in [0.4, 0.5) is 39.5 Å². The first-order valence-electron chi connectivity index (χ1n) is 8.45. The lowest BCUT2D eigenvalue weighted by Crippen LogP contribution is -2.29. The predicted molar refractivity (Wildman–Crippen MR) is 91.2 cm³/mol. The van der Waals surface area contributed by atoms with Crippen LogP contribution in [-0.2, 0) is 25.1 Å². The van der Waals surface area contributed by atoms with Crippen LogP contribution in [0.5, 0.6) is 0 Å². The monoisotopic (exact) mass is 471 g/mol. The second-order valence-corrected chi connectivity index (χ2v) is 6.58. The first-order valence-corrected chi connectivity index (χ1v) is 8.45. The molecule has 1 aromatic heterocycles. The zero-order chi connectivity index (χ0) is 24.1. The van der Waals surface area contributed by atoms with Gasteiger partial charge in [-0.2, -0.15) is 39.5 Å². The van der Waals surface area contributed by atoms with Crippen molar-refractivity contribution < 1.29 is 39.5 Å². The SMILES string of the molecule is O=c1[nH]n(-c2cc(C(F)(F)F)cc(C(F)(F)F)c2)c(=O)n1Cc1ccc(C(F)(F)F)cc1. The van der Waals surface area contributed by atoms with E-state index in [0.717, 1.165) is 12.1 Å². The van der Waals surface area contributed by atoms with Crippen molar-refractivity contribution in [3.05, 3.63) is 85.7 Å². The molecule has 0 unspecified atom stereocenters. The van der Waals surface area contributed by atoms with Crippen molar-refractivity contribution in [1.82, 2.24) is 14.3 Å². The summed E-state index contributed by atoms with van der Waals surface area (Å²) in [6.07, 6.45) is -15.0. The van der Waals surface area contributed by atoms with Gasteiger partial charge in [0.05, 0.1) is 28.9 Å². The van der Waals surface area contributed by atoms with Crippen LogP contribution in [0.15, 0.2) is 52.1 Å². The number of halogens is 9. The molecule has 0 spiro atoms. The summed E-state index contributed by atoms with van der Waals surface area (Å²) in [4.78, 5) is 24.6. The van der Waals surface area contributed by atoms with Gasteiger partial charge in [0.25, 0.3) is 0 Å². The fraction of sp³-hybridized carbons (Fsp3) is 0.222. The Kier molecular flexibility index (Phi) is 5.51. The maximum Gasteiger partial charge on any atom is 0.416 e. The molecule has 1 heterocycles. The van der Waals surface area contributed by atoms with Crippen molar-refractivity contribution in [3.63, 3.8) is 0 Å². The Bertz CT molecular complexity index is 1210. The molecule has 5 nitrogen and oxygen atoms in total. The maximum absolute atomic E-state index is 13.0. The highest BCUT2D eigenvalue weighted by molar-refractivity contribution is 5.41. The number of hydrogen-bond acceptors (Lipinski definition) is 2. The summed E-state index contributed by atoms with van der Waals surface area (Å²) in [6.45, 7) is -0.579. The van der Waals surface area contributed by atoms with Crippen LogP contribution in [0.25, 0.3) is 5.69 Å². The summed E-state index contributed by atoms with van der Waals surface area (Å²) >= 11 is 0. The van der Waals surface area contributed by atoms with E-state index in [1.165, 1.54) is 0 Å². The summed E-state index contributed by atoms with van der Waals surface area (Å²) in [7, 11) is 0. The van der Waals surface area contributed by atoms with Gasteiger partial charge in [0.1, 0.15) is 0 Å². The van der Waals surface area contributed by atoms with E-state index in [-0.39, 0.29) is 28.4 Å². The third kappa shape index (κ3) is 4.73. The number of nitrogens with zero attached hydrogens (tertiary/aromatic N) is 2. The van der Waals surface area contributed by atoms with E-state index >= 15 is 0 Å². The Morgan fingerprint density at radius 1 is 0.688 bits per heavy atom. The standard InChI is InChI=1S/C18H10F9N3O2/c19-16(20,21)10-3-1-9(2-4-10)8-29-14(31)28-30(15(29)32)13-6-11(17(22,23)24)5-12(7-13)18(25,26)27/h1-7H,8H2,(H,28,31). The van der Waals surface area contributed by atoms with Crippen LogP contribution in [0, 0.1) is 0 Å². The third-order valence-corrected chi connectivity index (χ3v) is 4.33. The third-order valence-electron chi connectivity index (χ3n) is 4.33. The van der Waals surface area contributed by atoms with E-state index in [4.69, 9.17) is 0 Å².